The van der Waals surface area contributed by atoms with Crippen LogP contribution in [0.3, 0.4) is 0 Å². The first-order valence-corrected chi connectivity index (χ1v) is 23.7. The second kappa shape index (κ2) is 21.3. The molecule has 4 fully saturated rings. The van der Waals surface area contributed by atoms with Gasteiger partial charge in [-0.25, -0.2) is 9.59 Å². The minimum Gasteiger partial charge on any atom is -0.495 e. The highest BCUT2D eigenvalue weighted by atomic mass is 35.5. The third kappa shape index (κ3) is 11.6. The van der Waals surface area contributed by atoms with E-state index in [9.17, 15) is 43.8 Å². The van der Waals surface area contributed by atoms with Crippen LogP contribution in [0.4, 0.5) is 10.5 Å². The van der Waals surface area contributed by atoms with Gasteiger partial charge in [-0.3, -0.25) is 34.2 Å². The number of likely N-dealkylation sites (tertiary alicyclic amines) is 1. The summed E-state index contributed by atoms with van der Waals surface area (Å²) in [4.78, 5) is 96.4. The lowest BCUT2D eigenvalue weighted by Crippen LogP contribution is -2.63. The van der Waals surface area contributed by atoms with Crippen molar-refractivity contribution in [3.63, 3.8) is 0 Å². The molecule has 20 heteroatoms. The summed E-state index contributed by atoms with van der Waals surface area (Å²) >= 11 is 7.29. The molecule has 0 spiro atoms. The number of esters is 1. The average molecular weight is 979 g/mol. The smallest absolute Gasteiger partial charge is 0.409 e. The number of rotatable bonds is 12. The molecule has 1 unspecified atom stereocenters. The Morgan fingerprint density at radius 2 is 1.85 bits per heavy atom. The Morgan fingerprint density at radius 3 is 2.51 bits per heavy atom. The zero-order chi connectivity index (χ0) is 51.8. The first kappa shape index (κ1) is 47.4. The summed E-state index contributed by atoms with van der Waals surface area (Å²) in [5, 5.41) is 21.2. The number of imide groups is 1. The number of amides is 5. The van der Waals surface area contributed by atoms with E-state index < -0.39 is 113 Å². The van der Waals surface area contributed by atoms with Gasteiger partial charge in [0.1, 0.15) is 40.7 Å². The molecular formula is C47H63ClN4O14S. The van der Waals surface area contributed by atoms with Crippen molar-refractivity contribution in [3.8, 4) is 5.75 Å². The van der Waals surface area contributed by atoms with Crippen LogP contribution in [0.2, 0.25) is 5.02 Å². The molecule has 1 aromatic carbocycles. The number of nitrogens with one attached hydrogen (secondary N) is 1. The molecule has 4 heterocycles. The lowest BCUT2D eigenvalue weighted by atomic mass is 9.82. The highest BCUT2D eigenvalue weighted by Gasteiger charge is 2.64. The van der Waals surface area contributed by atoms with Crippen LogP contribution in [0.5, 0.6) is 5.75 Å². The van der Waals surface area contributed by atoms with Crippen LogP contribution >= 0.6 is 23.4 Å². The van der Waals surface area contributed by atoms with E-state index >= 15 is 0 Å². The van der Waals surface area contributed by atoms with Gasteiger partial charge in [0.25, 0.3) is 0 Å². The highest BCUT2D eigenvalue weighted by Crippen LogP contribution is 2.49. The van der Waals surface area contributed by atoms with E-state index in [1.165, 1.54) is 40.1 Å². The van der Waals surface area contributed by atoms with Gasteiger partial charge in [-0.2, -0.15) is 0 Å². The number of nitrogens with zero attached hydrogens (tertiary/aromatic N) is 3. The van der Waals surface area contributed by atoms with Crippen LogP contribution in [0.25, 0.3) is 0 Å². The molecule has 1 saturated carbocycles. The van der Waals surface area contributed by atoms with Crippen LogP contribution in [-0.4, -0.2) is 149 Å². The molecule has 1 aromatic rings. The van der Waals surface area contributed by atoms with Gasteiger partial charge in [-0.15, -0.1) is 11.8 Å². The summed E-state index contributed by atoms with van der Waals surface area (Å²) in [6.07, 6.45) is -1.78. The van der Waals surface area contributed by atoms with Gasteiger partial charge < -0.3 is 43.7 Å². The molecule has 4 bridgehead atoms. The number of fused-ring (bicyclic) bond motifs is 5. The number of allylic oxidation sites excluding steroid dienone is 3. The van der Waals surface area contributed by atoms with Gasteiger partial charge in [-0.1, -0.05) is 42.3 Å². The van der Waals surface area contributed by atoms with Crippen LogP contribution < -0.4 is 15.0 Å². The molecule has 368 valence electrons. The summed E-state index contributed by atoms with van der Waals surface area (Å²) in [5.74, 6) is -6.65. The number of carbonyl (C=O) groups excluding carboxylic acids is 6. The van der Waals surface area contributed by atoms with Crippen molar-refractivity contribution in [3.05, 3.63) is 46.5 Å². The Balaban J connectivity index is 1.19. The molecule has 3 N–H and O–H groups in total. The molecule has 0 aromatic heterocycles. The van der Waals surface area contributed by atoms with E-state index in [1.807, 2.05) is 13.0 Å². The summed E-state index contributed by atoms with van der Waals surface area (Å²) in [6.45, 7) is 6.50. The van der Waals surface area contributed by atoms with E-state index in [4.69, 9.17) is 39.4 Å². The van der Waals surface area contributed by atoms with Gasteiger partial charge in [0, 0.05) is 61.4 Å². The fourth-order valence-corrected chi connectivity index (χ4v) is 10.4. The van der Waals surface area contributed by atoms with Crippen LogP contribution in [-0.2, 0) is 54.1 Å². The van der Waals surface area contributed by atoms with Crippen LogP contribution in [0, 0.1) is 17.8 Å². The van der Waals surface area contributed by atoms with Crippen molar-refractivity contribution >= 4 is 70.7 Å². The number of carboxylic acids is 1. The Kier molecular flexibility index (Phi) is 15.1. The summed E-state index contributed by atoms with van der Waals surface area (Å²) < 4.78 is 55.1. The normalized spacial score (nSPS) is 35.6. The number of halogens is 1. The van der Waals surface area contributed by atoms with Gasteiger partial charge in [0.15, 0.2) is 5.72 Å². The highest BCUT2D eigenvalue weighted by molar-refractivity contribution is 8.00. The molecule has 5 aliphatic rings. The molecule has 18 nitrogen and oxygen atoms in total. The largest absolute Gasteiger partial charge is 0.495 e. The Bertz CT molecular complexity index is 2320. The molecule has 3 saturated heterocycles. The number of carboxylic acid groups (broad SMARTS) is 1. The second-order valence-electron chi connectivity index (χ2n) is 18.2. The fourth-order valence-electron chi connectivity index (χ4n) is 9.18. The number of likely N-dealkylation sites (N-methyl/N-ethyl adjacent to an activating group) is 1. The molecule has 0 radical (unpaired) electrons. The number of aliphatic carboxylic acids is 1. The number of aliphatic hydroxyl groups is 1. The Hall–Kier alpha value is -4.69. The fraction of sp³-hybridized carbons (Fsp3) is 0.638. The van der Waals surface area contributed by atoms with E-state index in [1.54, 1.807) is 38.1 Å². The quantitative estimate of drug-likeness (QED) is 0.147. The maximum atomic E-state index is 14.3. The Morgan fingerprint density at radius 1 is 1.15 bits per heavy atom. The SMILES string of the molecule is [2H]C1([2H])C(=O)N(CC2CCC(C(=O)O)CC2)C(=O)C1([2H])SCCC(=O)N(C)[C@@H](C)C(=O)O[C@H]1CC(=O)N(C)c2cc(cc(OC)c2Cl)C/C(C)=C/C=C/[C@@H](OC)[C@@]2(O)C[C@H](OC(=O)N2)[C@@H](C)[C@H]2O[C@@]12C. The molecule has 4 aliphatic heterocycles. The maximum Gasteiger partial charge on any atom is 0.409 e. The number of methoxy groups -OCH3 is 2. The monoisotopic (exact) mass is 977 g/mol. The molecular weight excluding hydrogens is 912 g/mol. The lowest BCUT2D eigenvalue weighted by Gasteiger charge is -2.42. The van der Waals surface area contributed by atoms with E-state index in [0.29, 0.717) is 55.3 Å². The van der Waals surface area contributed by atoms with E-state index in [2.05, 4.69) is 5.32 Å². The topological polar surface area (TPSA) is 231 Å². The first-order chi connectivity index (χ1) is 32.7. The molecule has 1 aliphatic carbocycles. The maximum absolute atomic E-state index is 14.3. The van der Waals surface area contributed by atoms with Gasteiger partial charge in [0.2, 0.25) is 23.6 Å². The minimum atomic E-state index is -2.93. The number of anilines is 1. The number of benzene rings is 1. The summed E-state index contributed by atoms with van der Waals surface area (Å²) in [7, 11) is 5.68. The van der Waals surface area contributed by atoms with Crippen molar-refractivity contribution in [2.45, 2.75) is 132 Å². The van der Waals surface area contributed by atoms with Crippen molar-refractivity contribution in [1.29, 1.82) is 0 Å². The number of epoxide rings is 1. The predicted octanol–water partition coefficient (Wildman–Crippen LogP) is 4.66. The number of hydrogen-bond acceptors (Lipinski definition) is 14. The third-order valence-electron chi connectivity index (χ3n) is 13.6. The van der Waals surface area contributed by atoms with Crippen molar-refractivity contribution in [2.75, 3.05) is 45.5 Å². The number of alkyl carbamates (subject to hydrolysis) is 1. The summed E-state index contributed by atoms with van der Waals surface area (Å²) in [5.41, 5.74) is -1.36. The number of ether oxygens (including phenoxy) is 5. The second-order valence-corrected chi connectivity index (χ2v) is 19.7. The number of hydrogen-bond donors (Lipinski definition) is 3. The van der Waals surface area contributed by atoms with Gasteiger partial charge in [0.05, 0.1) is 37.8 Å². The zero-order valence-corrected chi connectivity index (χ0v) is 40.6. The third-order valence-corrected chi connectivity index (χ3v) is 15.0. The average Bonchev–Trinajstić information content (AvgIpc) is 3.99. The molecule has 9 atom stereocenters. The van der Waals surface area contributed by atoms with Crippen molar-refractivity contribution < 1.29 is 71.6 Å². The number of thioether (sulfide) groups is 1. The molecule has 5 amide bonds. The van der Waals surface area contributed by atoms with Gasteiger partial charge >= 0.3 is 18.0 Å². The van der Waals surface area contributed by atoms with Crippen molar-refractivity contribution in [1.82, 2.24) is 15.1 Å². The number of carbonyl (C=O) groups is 7. The molecule has 67 heavy (non-hydrogen) atoms. The van der Waals surface area contributed by atoms with E-state index in [0.717, 1.165) is 20.9 Å². The van der Waals surface area contributed by atoms with E-state index in [-0.39, 0.29) is 36.1 Å². The van der Waals surface area contributed by atoms with Crippen molar-refractivity contribution in [2.24, 2.45) is 17.8 Å². The molecule has 6 rings (SSSR count). The first-order valence-electron chi connectivity index (χ1n) is 23.8. The zero-order valence-electron chi connectivity index (χ0n) is 42.0. The van der Waals surface area contributed by atoms with Crippen LogP contribution in [0.1, 0.15) is 88.7 Å². The minimum absolute atomic E-state index is 0.133. The standard InChI is InChI=1S/C47H63ClN4O14S/c1-25-10-9-11-35(63-8)47(61)23-33(64-45(60)49-47)26(2)41-46(4,66-41)36(22-38(54)51(6)31-19-29(18-25)20-32(62-7)40(31)48)65-44(59)27(3)50(5)37(53)16-17-67-34-21-39(55)52(42(34)56)24-28-12-14-30(15-13-28)43(57)58/h9-11,19-20,26-28,30,33-36,41,61H,12-18,21-24H2,1-8H3,(H,49,60)(H,57,58)/b11-9+,25-10+/t26-,27+,28?,30?,33+,34?,35-,36+,41-,46+,47+/m1/s1/i21D2,34D. The lowest BCUT2D eigenvalue weighted by molar-refractivity contribution is -0.162. The predicted molar refractivity (Wildman–Crippen MR) is 246 cm³/mol. The summed E-state index contributed by atoms with van der Waals surface area (Å²) in [6, 6.07) is 2.20. The Labute approximate surface area is 404 Å². The van der Waals surface area contributed by atoms with Crippen LogP contribution in [0.15, 0.2) is 35.9 Å². The van der Waals surface area contributed by atoms with Gasteiger partial charge in [-0.05, 0) is 76.5 Å².